The number of aromatic nitrogens is 1. The Hall–Kier alpha value is -1.53. The van der Waals surface area contributed by atoms with E-state index in [4.69, 9.17) is 4.74 Å². The zero-order valence-electron chi connectivity index (χ0n) is 13.2. The summed E-state index contributed by atoms with van der Waals surface area (Å²) in [7, 11) is 1.62. The molecule has 1 N–H and O–H groups in total. The normalized spacial score (nSPS) is 11.3. The lowest BCUT2D eigenvalue weighted by atomic mass is 9.93. The lowest BCUT2D eigenvalue weighted by molar-refractivity contribution is -0.113. The summed E-state index contributed by atoms with van der Waals surface area (Å²) in [4.78, 5) is 16.5. The highest BCUT2D eigenvalue weighted by Gasteiger charge is 2.17. The number of anilines is 1. The van der Waals surface area contributed by atoms with Gasteiger partial charge in [0, 0.05) is 16.5 Å². The summed E-state index contributed by atoms with van der Waals surface area (Å²) in [6.45, 7) is 6.40. The Kier molecular flexibility index (Phi) is 5.47. The van der Waals surface area contributed by atoms with Gasteiger partial charge in [-0.3, -0.25) is 4.79 Å². The smallest absolute Gasteiger partial charge is 0.234 e. The first-order valence-electron chi connectivity index (χ1n) is 6.91. The molecule has 0 aliphatic rings. The second-order valence-electron chi connectivity index (χ2n) is 5.81. The van der Waals surface area contributed by atoms with E-state index in [1.807, 2.05) is 24.3 Å². The van der Waals surface area contributed by atoms with Crippen LogP contribution in [0.2, 0.25) is 0 Å². The summed E-state index contributed by atoms with van der Waals surface area (Å²) < 4.78 is 6.01. The lowest BCUT2D eigenvalue weighted by Crippen LogP contribution is -2.14. The summed E-state index contributed by atoms with van der Waals surface area (Å²) in [6, 6.07) is 7.28. The van der Waals surface area contributed by atoms with Crippen molar-refractivity contribution in [3.63, 3.8) is 0 Å². The van der Waals surface area contributed by atoms with Gasteiger partial charge in [-0.05, 0) is 24.3 Å². The predicted octanol–water partition coefficient (Wildman–Crippen LogP) is 4.18. The number of rotatable bonds is 5. The molecule has 2 aromatic rings. The molecule has 0 fully saturated rings. The topological polar surface area (TPSA) is 51.2 Å². The number of nitrogens with zero attached hydrogens (tertiary/aromatic N) is 1. The number of carbonyl (C=O) groups excluding carboxylic acids is 1. The lowest BCUT2D eigenvalue weighted by Gasteiger charge is -2.14. The maximum absolute atomic E-state index is 12.0. The van der Waals surface area contributed by atoms with Crippen LogP contribution in [0, 0.1) is 0 Å². The summed E-state index contributed by atoms with van der Waals surface area (Å²) >= 11 is 3.05. The first kappa shape index (κ1) is 16.8. The second kappa shape index (κ2) is 7.15. The molecule has 0 radical (unpaired) electrons. The van der Waals surface area contributed by atoms with Crippen LogP contribution >= 0.6 is 23.1 Å². The molecular formula is C16H20N2O2S2. The van der Waals surface area contributed by atoms with Crippen LogP contribution in [0.5, 0.6) is 5.75 Å². The van der Waals surface area contributed by atoms with Crippen LogP contribution in [0.4, 0.5) is 5.69 Å². The quantitative estimate of drug-likeness (QED) is 0.832. The number of hydrogen-bond donors (Lipinski definition) is 1. The SMILES string of the molecule is COc1ccc(NC(=O)CSc2nc(C(C)(C)C)cs2)cc1. The highest BCUT2D eigenvalue weighted by atomic mass is 32.2. The van der Waals surface area contributed by atoms with E-state index in [2.05, 4.69) is 36.5 Å². The monoisotopic (exact) mass is 336 g/mol. The number of hydrogen-bond acceptors (Lipinski definition) is 5. The van der Waals surface area contributed by atoms with E-state index < -0.39 is 0 Å². The molecule has 0 saturated heterocycles. The van der Waals surface area contributed by atoms with Gasteiger partial charge < -0.3 is 10.1 Å². The first-order chi connectivity index (χ1) is 10.4. The van der Waals surface area contributed by atoms with Gasteiger partial charge in [0.05, 0.1) is 18.6 Å². The van der Waals surface area contributed by atoms with Crippen LogP contribution in [0.3, 0.4) is 0 Å². The van der Waals surface area contributed by atoms with Gasteiger partial charge in [0.15, 0.2) is 4.34 Å². The van der Waals surface area contributed by atoms with Crippen molar-refractivity contribution in [1.29, 1.82) is 0 Å². The molecule has 0 unspecified atom stereocenters. The van der Waals surface area contributed by atoms with E-state index in [1.165, 1.54) is 11.8 Å². The van der Waals surface area contributed by atoms with Crippen LogP contribution in [-0.2, 0) is 10.2 Å². The number of benzene rings is 1. The number of thiazole rings is 1. The van der Waals surface area contributed by atoms with Gasteiger partial charge in [-0.15, -0.1) is 11.3 Å². The fourth-order valence-corrected chi connectivity index (χ4v) is 3.52. The van der Waals surface area contributed by atoms with Crippen LogP contribution < -0.4 is 10.1 Å². The third kappa shape index (κ3) is 4.74. The van der Waals surface area contributed by atoms with Crippen LogP contribution in [-0.4, -0.2) is 23.8 Å². The largest absolute Gasteiger partial charge is 0.497 e. The standard InChI is InChI=1S/C16H20N2O2S2/c1-16(2,3)13-9-21-15(18-13)22-10-14(19)17-11-5-7-12(20-4)8-6-11/h5-9H,10H2,1-4H3,(H,17,19). The Morgan fingerprint density at radius 1 is 1.32 bits per heavy atom. The molecule has 0 spiro atoms. The molecule has 0 bridgehead atoms. The minimum atomic E-state index is -0.0392. The molecule has 6 heteroatoms. The van der Waals surface area contributed by atoms with Crippen molar-refractivity contribution >= 4 is 34.7 Å². The highest BCUT2D eigenvalue weighted by Crippen LogP contribution is 2.29. The molecule has 22 heavy (non-hydrogen) atoms. The molecule has 1 amide bonds. The fraction of sp³-hybridized carbons (Fsp3) is 0.375. The van der Waals surface area contributed by atoms with Crippen molar-refractivity contribution < 1.29 is 9.53 Å². The van der Waals surface area contributed by atoms with Gasteiger partial charge in [-0.25, -0.2) is 4.98 Å². The van der Waals surface area contributed by atoms with Crippen molar-refractivity contribution in [2.24, 2.45) is 0 Å². The highest BCUT2D eigenvalue weighted by molar-refractivity contribution is 8.01. The molecule has 0 aliphatic carbocycles. The summed E-state index contributed by atoms with van der Waals surface area (Å²) in [6.07, 6.45) is 0. The Morgan fingerprint density at radius 3 is 2.55 bits per heavy atom. The molecule has 118 valence electrons. The molecule has 1 aromatic heterocycles. The van der Waals surface area contributed by atoms with Crippen molar-refractivity contribution in [3.05, 3.63) is 35.3 Å². The molecule has 0 atom stereocenters. The number of methoxy groups -OCH3 is 1. The first-order valence-corrected chi connectivity index (χ1v) is 8.78. The number of carbonyl (C=O) groups is 1. The van der Waals surface area contributed by atoms with E-state index >= 15 is 0 Å². The van der Waals surface area contributed by atoms with E-state index in [-0.39, 0.29) is 11.3 Å². The average Bonchev–Trinajstić information content (AvgIpc) is 2.95. The maximum atomic E-state index is 12.0. The van der Waals surface area contributed by atoms with Gasteiger partial charge in [-0.2, -0.15) is 0 Å². The molecule has 0 saturated carbocycles. The van der Waals surface area contributed by atoms with Crippen molar-refractivity contribution in [2.45, 2.75) is 30.5 Å². The average molecular weight is 336 g/mol. The molecule has 2 rings (SSSR count). The third-order valence-electron chi connectivity index (χ3n) is 2.95. The number of amides is 1. The van der Waals surface area contributed by atoms with Crippen molar-refractivity contribution in [3.8, 4) is 5.75 Å². The van der Waals surface area contributed by atoms with E-state index in [1.54, 1.807) is 18.4 Å². The molecule has 0 aliphatic heterocycles. The Labute approximate surface area is 139 Å². The van der Waals surface area contributed by atoms with Crippen molar-refractivity contribution in [1.82, 2.24) is 4.98 Å². The van der Waals surface area contributed by atoms with Gasteiger partial charge in [-0.1, -0.05) is 32.5 Å². The molecular weight excluding hydrogens is 316 g/mol. The van der Waals surface area contributed by atoms with Gasteiger partial charge in [0.25, 0.3) is 0 Å². The Balaban J connectivity index is 1.85. The van der Waals surface area contributed by atoms with E-state index in [0.29, 0.717) is 5.75 Å². The molecule has 4 nitrogen and oxygen atoms in total. The van der Waals surface area contributed by atoms with Crippen molar-refractivity contribution in [2.75, 3.05) is 18.2 Å². The van der Waals surface area contributed by atoms with Gasteiger partial charge in [0.1, 0.15) is 5.75 Å². The second-order valence-corrected chi connectivity index (χ2v) is 7.89. The predicted molar refractivity (Wildman–Crippen MR) is 93.2 cm³/mol. The van der Waals surface area contributed by atoms with E-state index in [0.717, 1.165) is 21.5 Å². The zero-order chi connectivity index (χ0) is 16.2. The van der Waals surface area contributed by atoms with Crippen LogP contribution in [0.1, 0.15) is 26.5 Å². The third-order valence-corrected chi connectivity index (χ3v) is 4.97. The Morgan fingerprint density at radius 2 is 2.00 bits per heavy atom. The summed E-state index contributed by atoms with van der Waals surface area (Å²) in [5, 5.41) is 4.92. The van der Waals surface area contributed by atoms with Crippen LogP contribution in [0.15, 0.2) is 34.0 Å². The Bertz CT molecular complexity index is 630. The minimum Gasteiger partial charge on any atom is -0.497 e. The van der Waals surface area contributed by atoms with Gasteiger partial charge >= 0.3 is 0 Å². The summed E-state index contributed by atoms with van der Waals surface area (Å²) in [5.41, 5.74) is 1.87. The fourth-order valence-electron chi connectivity index (χ4n) is 1.67. The molecule has 1 heterocycles. The van der Waals surface area contributed by atoms with E-state index in [9.17, 15) is 4.79 Å². The zero-order valence-corrected chi connectivity index (χ0v) is 14.8. The number of ether oxygens (including phenoxy) is 1. The minimum absolute atomic E-state index is 0.0392. The number of thioether (sulfide) groups is 1. The number of nitrogens with one attached hydrogen (secondary N) is 1. The van der Waals surface area contributed by atoms with Gasteiger partial charge in [0.2, 0.25) is 5.91 Å². The van der Waals surface area contributed by atoms with Crippen LogP contribution in [0.25, 0.3) is 0 Å². The summed E-state index contributed by atoms with van der Waals surface area (Å²) in [5.74, 6) is 1.08. The molecule has 1 aromatic carbocycles. The maximum Gasteiger partial charge on any atom is 0.234 e.